The predicted molar refractivity (Wildman–Crippen MR) is 135 cm³/mol. The average molecular weight is 477 g/mol. The molecule has 0 saturated heterocycles. The summed E-state index contributed by atoms with van der Waals surface area (Å²) in [6.45, 7) is 8.74. The van der Waals surface area contributed by atoms with Gasteiger partial charge in [0.05, 0.1) is 21.8 Å². The van der Waals surface area contributed by atoms with Gasteiger partial charge in [-0.3, -0.25) is 0 Å². The number of nitrogens with two attached hydrogens (primary N) is 1. The number of benzene rings is 1. The molecule has 0 atom stereocenters. The maximum Gasteiger partial charge on any atom is 0.153 e. The number of hydrogen-bond donors (Lipinski definition) is 1. The van der Waals surface area contributed by atoms with E-state index in [1.54, 1.807) is 22.2 Å². The van der Waals surface area contributed by atoms with Gasteiger partial charge >= 0.3 is 0 Å². The second kappa shape index (κ2) is 10.5. The molecule has 0 aliphatic carbocycles. The van der Waals surface area contributed by atoms with Crippen LogP contribution in [0, 0.1) is 12.8 Å². The van der Waals surface area contributed by atoms with E-state index in [1.807, 2.05) is 43.5 Å². The fourth-order valence-corrected chi connectivity index (χ4v) is 4.03. The van der Waals surface area contributed by atoms with Gasteiger partial charge in [0.1, 0.15) is 41.2 Å². The Hall–Kier alpha value is -3.72. The maximum absolute atomic E-state index is 6.24. The lowest BCUT2D eigenvalue weighted by Gasteiger charge is -2.15. The van der Waals surface area contributed by atoms with Crippen molar-refractivity contribution in [1.29, 1.82) is 0 Å². The molecule has 4 aromatic rings. The molecule has 0 spiro atoms. The molecule has 0 bridgehead atoms. The molecule has 0 unspecified atom stereocenters. The topological polar surface area (TPSA) is 101 Å². The number of anilines is 1. The van der Waals surface area contributed by atoms with Gasteiger partial charge in [-0.1, -0.05) is 20.8 Å². The van der Waals surface area contributed by atoms with E-state index in [2.05, 4.69) is 46.9 Å². The highest BCUT2D eigenvalue weighted by Gasteiger charge is 2.12. The summed E-state index contributed by atoms with van der Waals surface area (Å²) in [4.78, 5) is 13.7. The Labute approximate surface area is 202 Å². The molecular weight excluding hydrogens is 448 g/mol. The van der Waals surface area contributed by atoms with Gasteiger partial charge in [-0.25, -0.2) is 19.6 Å². The molecule has 3 heterocycles. The molecule has 0 radical (unpaired) electrons. The number of rotatable bonds is 9. The molecule has 0 aliphatic rings. The smallest absolute Gasteiger partial charge is 0.153 e. The van der Waals surface area contributed by atoms with Crippen molar-refractivity contribution in [3.05, 3.63) is 76.5 Å². The molecule has 0 aliphatic heterocycles. The maximum atomic E-state index is 6.24. The number of ether oxygens (including phenoxy) is 2. The minimum atomic E-state index is 0.168. The van der Waals surface area contributed by atoms with Crippen LogP contribution < -0.4 is 10.5 Å². The highest BCUT2D eigenvalue weighted by atomic mass is 32.1. The summed E-state index contributed by atoms with van der Waals surface area (Å²) >= 11 is 1.64. The van der Waals surface area contributed by atoms with Gasteiger partial charge in [0, 0.05) is 18.2 Å². The van der Waals surface area contributed by atoms with Crippen LogP contribution >= 0.6 is 11.3 Å². The van der Waals surface area contributed by atoms with Crippen LogP contribution in [0.2, 0.25) is 0 Å². The van der Waals surface area contributed by atoms with Crippen LogP contribution in [0.3, 0.4) is 0 Å². The Morgan fingerprint density at radius 1 is 1.15 bits per heavy atom. The zero-order valence-corrected chi connectivity index (χ0v) is 20.5. The van der Waals surface area contributed by atoms with Crippen molar-refractivity contribution >= 4 is 28.2 Å². The molecule has 0 amide bonds. The van der Waals surface area contributed by atoms with Crippen molar-refractivity contribution in [1.82, 2.24) is 24.7 Å². The van der Waals surface area contributed by atoms with Crippen LogP contribution in [-0.4, -0.2) is 24.7 Å². The normalized spacial score (nSPS) is 12.5. The van der Waals surface area contributed by atoms with Crippen LogP contribution in [-0.2, 0) is 11.3 Å². The number of aromatic nitrogens is 5. The number of aryl methyl sites for hydroxylation is 1. The summed E-state index contributed by atoms with van der Waals surface area (Å²) in [5.41, 5.74) is 8.26. The highest BCUT2D eigenvalue weighted by molar-refractivity contribution is 7.11. The SMILES string of the molecule is CC/C=C(\C=C(\Oc1ccc(-n2ncc3ncnc(N)c32)cc1)C(C)C)OCc1cnc(C)s1. The van der Waals surface area contributed by atoms with E-state index < -0.39 is 0 Å². The first-order valence-corrected chi connectivity index (χ1v) is 11.9. The second-order valence-corrected chi connectivity index (χ2v) is 9.31. The molecule has 4 rings (SSSR count). The number of allylic oxidation sites excluding steroid dienone is 3. The van der Waals surface area contributed by atoms with Gasteiger partial charge in [-0.05, 0) is 43.7 Å². The number of nitrogens with zero attached hydrogens (tertiary/aromatic N) is 5. The lowest BCUT2D eigenvalue weighted by Crippen LogP contribution is -2.05. The quantitative estimate of drug-likeness (QED) is 0.248. The number of hydrogen-bond acceptors (Lipinski definition) is 8. The largest absolute Gasteiger partial charge is 0.488 e. The van der Waals surface area contributed by atoms with E-state index >= 15 is 0 Å². The first-order valence-electron chi connectivity index (χ1n) is 11.1. The van der Waals surface area contributed by atoms with Gasteiger partial charge in [-0.2, -0.15) is 5.10 Å². The predicted octanol–water partition coefficient (Wildman–Crippen LogP) is 5.59. The molecule has 8 nitrogen and oxygen atoms in total. The lowest BCUT2D eigenvalue weighted by atomic mass is 10.1. The zero-order valence-electron chi connectivity index (χ0n) is 19.7. The molecule has 9 heteroatoms. The highest BCUT2D eigenvalue weighted by Crippen LogP contribution is 2.25. The summed E-state index contributed by atoms with van der Waals surface area (Å²) in [6, 6.07) is 7.67. The van der Waals surface area contributed by atoms with Crippen LogP contribution in [0.15, 0.2) is 66.7 Å². The number of thiazole rings is 1. The molecule has 0 fully saturated rings. The van der Waals surface area contributed by atoms with Crippen molar-refractivity contribution in [3.8, 4) is 11.4 Å². The number of nitrogen functional groups attached to an aromatic ring is 1. The van der Waals surface area contributed by atoms with Crippen LogP contribution in [0.1, 0.15) is 37.1 Å². The van der Waals surface area contributed by atoms with E-state index in [4.69, 9.17) is 15.2 Å². The molecule has 1 aromatic carbocycles. The van der Waals surface area contributed by atoms with Gasteiger partial charge in [-0.15, -0.1) is 11.3 Å². The summed E-state index contributed by atoms with van der Waals surface area (Å²) in [5.74, 6) is 2.87. The molecule has 0 saturated carbocycles. The van der Waals surface area contributed by atoms with E-state index in [0.29, 0.717) is 23.5 Å². The van der Waals surface area contributed by atoms with Gasteiger partial charge in [0.2, 0.25) is 0 Å². The van der Waals surface area contributed by atoms with Crippen molar-refractivity contribution in [2.45, 2.75) is 40.7 Å². The average Bonchev–Trinajstić information content (AvgIpc) is 3.44. The second-order valence-electron chi connectivity index (χ2n) is 8.00. The van der Waals surface area contributed by atoms with Crippen LogP contribution in [0.5, 0.6) is 5.75 Å². The Morgan fingerprint density at radius 3 is 2.62 bits per heavy atom. The minimum absolute atomic E-state index is 0.168. The van der Waals surface area contributed by atoms with Crippen LogP contribution in [0.25, 0.3) is 16.7 Å². The van der Waals surface area contributed by atoms with Gasteiger partial charge < -0.3 is 15.2 Å². The standard InChI is InChI=1S/C25H28N6O2S/c1-5-6-20(32-14-21-12-27-17(4)34-21)11-23(16(2)3)33-19-9-7-18(8-10-19)31-24-22(13-30-31)28-15-29-25(24)26/h6-13,15-16H,5,14H2,1-4H3,(H2,26,28,29)/b20-6+,23-11+. The summed E-state index contributed by atoms with van der Waals surface area (Å²) in [5, 5.41) is 5.44. The van der Waals surface area contributed by atoms with E-state index in [0.717, 1.165) is 39.3 Å². The minimum Gasteiger partial charge on any atom is -0.488 e. The third kappa shape index (κ3) is 5.43. The van der Waals surface area contributed by atoms with E-state index in [9.17, 15) is 0 Å². The fraction of sp³-hybridized carbons (Fsp3) is 0.280. The van der Waals surface area contributed by atoms with Crippen molar-refractivity contribution in [2.75, 3.05) is 5.73 Å². The third-order valence-corrected chi connectivity index (χ3v) is 5.90. The Bertz CT molecular complexity index is 1320. The monoisotopic (exact) mass is 476 g/mol. The lowest BCUT2D eigenvalue weighted by molar-refractivity contribution is 0.209. The molecule has 2 N–H and O–H groups in total. The Balaban J connectivity index is 1.52. The van der Waals surface area contributed by atoms with Crippen molar-refractivity contribution < 1.29 is 9.47 Å². The Morgan fingerprint density at radius 2 is 1.94 bits per heavy atom. The zero-order chi connectivity index (χ0) is 24.1. The Kier molecular flexibility index (Phi) is 7.22. The van der Waals surface area contributed by atoms with Crippen LogP contribution in [0.4, 0.5) is 5.82 Å². The molecule has 3 aromatic heterocycles. The summed E-state index contributed by atoms with van der Waals surface area (Å²) in [6.07, 6.45) is 9.85. The fourth-order valence-electron chi connectivity index (χ4n) is 3.32. The van der Waals surface area contributed by atoms with Gasteiger partial charge in [0.15, 0.2) is 5.82 Å². The molecule has 34 heavy (non-hydrogen) atoms. The summed E-state index contributed by atoms with van der Waals surface area (Å²) < 4.78 is 14.0. The molecular formula is C25H28N6O2S. The van der Waals surface area contributed by atoms with Crippen molar-refractivity contribution in [2.24, 2.45) is 5.92 Å². The van der Waals surface area contributed by atoms with Gasteiger partial charge in [0.25, 0.3) is 0 Å². The van der Waals surface area contributed by atoms with E-state index in [-0.39, 0.29) is 5.92 Å². The van der Waals surface area contributed by atoms with Crippen molar-refractivity contribution in [3.63, 3.8) is 0 Å². The molecule has 176 valence electrons. The summed E-state index contributed by atoms with van der Waals surface area (Å²) in [7, 11) is 0. The third-order valence-electron chi connectivity index (χ3n) is 5.01. The first-order chi connectivity index (χ1) is 16.4. The van der Waals surface area contributed by atoms with E-state index in [1.165, 1.54) is 6.33 Å². The number of fused-ring (bicyclic) bond motifs is 1. The first kappa shape index (κ1) is 23.4.